The van der Waals surface area contributed by atoms with Gasteiger partial charge in [-0.3, -0.25) is 4.79 Å². The Morgan fingerprint density at radius 3 is 2.37 bits per heavy atom. The van der Waals surface area contributed by atoms with Crippen molar-refractivity contribution in [3.63, 3.8) is 0 Å². The van der Waals surface area contributed by atoms with Gasteiger partial charge in [-0.2, -0.15) is 4.31 Å². The maximum Gasteiger partial charge on any atom is 0.243 e. The molecular formula is C22H27FN2O4S. The van der Waals surface area contributed by atoms with E-state index in [4.69, 9.17) is 0 Å². The Kier molecular flexibility index (Phi) is 4.01. The highest BCUT2D eigenvalue weighted by Gasteiger charge is 2.60. The number of halogens is 1. The predicted octanol–water partition coefficient (Wildman–Crippen LogP) is 1.89. The lowest BCUT2D eigenvalue weighted by atomic mass is 9.52. The summed E-state index contributed by atoms with van der Waals surface area (Å²) < 4.78 is 41.0. The van der Waals surface area contributed by atoms with Crippen molar-refractivity contribution in [1.82, 2.24) is 9.62 Å². The molecule has 7 rings (SSSR count). The summed E-state index contributed by atoms with van der Waals surface area (Å²) in [7, 11) is -3.86. The number of nitrogens with zero attached hydrogens (tertiary/aromatic N) is 1. The third kappa shape index (κ3) is 2.87. The van der Waals surface area contributed by atoms with E-state index in [9.17, 15) is 22.7 Å². The van der Waals surface area contributed by atoms with Crippen molar-refractivity contribution in [2.24, 2.45) is 29.6 Å². The molecule has 1 aromatic rings. The monoisotopic (exact) mass is 434 g/mol. The molecule has 6 aliphatic rings. The zero-order valence-corrected chi connectivity index (χ0v) is 17.5. The van der Waals surface area contributed by atoms with E-state index >= 15 is 0 Å². The van der Waals surface area contributed by atoms with Crippen LogP contribution in [0.4, 0.5) is 4.39 Å². The molecule has 8 heteroatoms. The fourth-order valence-corrected chi connectivity index (χ4v) is 8.90. The molecule has 1 heterocycles. The summed E-state index contributed by atoms with van der Waals surface area (Å²) in [6.45, 7) is 0.349. The molecule has 6 nitrogen and oxygen atoms in total. The van der Waals surface area contributed by atoms with Crippen LogP contribution in [0, 0.1) is 35.4 Å². The first-order chi connectivity index (χ1) is 14.2. The maximum atomic E-state index is 13.4. The van der Waals surface area contributed by atoms with E-state index in [1.807, 2.05) is 0 Å². The lowest BCUT2D eigenvalue weighted by molar-refractivity contribution is -0.148. The molecule has 162 valence electrons. The molecule has 30 heavy (non-hydrogen) atoms. The Hall–Kier alpha value is -1.51. The number of amides is 1. The maximum absolute atomic E-state index is 13.4. The SMILES string of the molecule is O=C(NC1[C@@H]2CC3C[C@H]1CC(O)(C3)C2)C1C2CC2CN1S(=O)(=O)c1ccc(F)cc1. The van der Waals surface area contributed by atoms with Gasteiger partial charge in [0, 0.05) is 12.6 Å². The van der Waals surface area contributed by atoms with Crippen LogP contribution in [0.25, 0.3) is 0 Å². The number of carbonyl (C=O) groups excluding carboxylic acids is 1. The van der Waals surface area contributed by atoms with E-state index < -0.39 is 27.5 Å². The molecule has 6 fully saturated rings. The topological polar surface area (TPSA) is 86.7 Å². The number of hydrogen-bond acceptors (Lipinski definition) is 4. The minimum absolute atomic E-state index is 0.0276. The van der Waals surface area contributed by atoms with Gasteiger partial charge in [-0.1, -0.05) is 0 Å². The second kappa shape index (κ2) is 6.26. The standard InChI is InChI=1S/C22H27FN2O4S/c23-16-1-3-17(4-2-16)30(28,29)25-11-15-7-18(15)20(25)21(26)24-19-13-5-12-6-14(19)10-22(27,8-12)9-13/h1-4,12-15,18-20,27H,5-11H2,(H,24,26)/t12?,13-,14+,15?,18?,19?,20?,22?. The van der Waals surface area contributed by atoms with Gasteiger partial charge >= 0.3 is 0 Å². The molecule has 1 aromatic carbocycles. The fraction of sp³-hybridized carbons (Fsp3) is 0.682. The second-order valence-corrected chi connectivity index (χ2v) is 12.3. The van der Waals surface area contributed by atoms with E-state index in [0.29, 0.717) is 12.5 Å². The van der Waals surface area contributed by atoms with E-state index in [1.54, 1.807) is 0 Å². The normalized spacial score (nSPS) is 44.1. The summed E-state index contributed by atoms with van der Waals surface area (Å²) >= 11 is 0. The molecule has 1 saturated heterocycles. The Morgan fingerprint density at radius 1 is 1.07 bits per heavy atom. The summed E-state index contributed by atoms with van der Waals surface area (Å²) in [5.74, 6) is 0.727. The molecule has 4 bridgehead atoms. The molecule has 0 radical (unpaired) electrons. The van der Waals surface area contributed by atoms with Crippen molar-refractivity contribution in [1.29, 1.82) is 0 Å². The molecule has 5 aliphatic carbocycles. The Balaban J connectivity index is 1.23. The lowest BCUT2D eigenvalue weighted by Gasteiger charge is -2.58. The van der Waals surface area contributed by atoms with Crippen molar-refractivity contribution in [3.8, 4) is 0 Å². The van der Waals surface area contributed by atoms with Gasteiger partial charge in [0.15, 0.2) is 0 Å². The van der Waals surface area contributed by atoms with Crippen LogP contribution in [-0.2, 0) is 14.8 Å². The number of aliphatic hydroxyl groups is 1. The first kappa shape index (κ1) is 19.2. The van der Waals surface area contributed by atoms with Crippen LogP contribution in [0.1, 0.15) is 38.5 Å². The molecule has 0 aromatic heterocycles. The lowest BCUT2D eigenvalue weighted by Crippen LogP contribution is -2.63. The number of carbonyl (C=O) groups is 1. The van der Waals surface area contributed by atoms with E-state index in [2.05, 4.69) is 5.32 Å². The second-order valence-electron chi connectivity index (χ2n) is 10.4. The number of piperidine rings is 1. The van der Waals surface area contributed by atoms with Crippen LogP contribution in [-0.4, -0.2) is 48.0 Å². The molecule has 1 amide bonds. The molecule has 0 spiro atoms. The third-order valence-electron chi connectivity index (χ3n) is 8.35. The highest BCUT2D eigenvalue weighted by atomic mass is 32.2. The van der Waals surface area contributed by atoms with Gasteiger partial charge in [0.25, 0.3) is 0 Å². The number of rotatable bonds is 4. The minimum atomic E-state index is -3.86. The molecular weight excluding hydrogens is 407 g/mol. The van der Waals surface area contributed by atoms with Crippen LogP contribution in [0.3, 0.4) is 0 Å². The van der Waals surface area contributed by atoms with E-state index in [0.717, 1.165) is 50.7 Å². The van der Waals surface area contributed by atoms with Gasteiger partial charge in [0.05, 0.1) is 10.5 Å². The highest BCUT2D eigenvalue weighted by molar-refractivity contribution is 7.89. The number of fused-ring (bicyclic) bond motifs is 1. The van der Waals surface area contributed by atoms with Crippen molar-refractivity contribution >= 4 is 15.9 Å². The summed E-state index contributed by atoms with van der Waals surface area (Å²) in [5, 5.41) is 14.0. The van der Waals surface area contributed by atoms with Gasteiger partial charge < -0.3 is 10.4 Å². The van der Waals surface area contributed by atoms with Crippen LogP contribution in [0.5, 0.6) is 0 Å². The first-order valence-corrected chi connectivity index (χ1v) is 12.5. The zero-order chi connectivity index (χ0) is 20.8. The van der Waals surface area contributed by atoms with Crippen LogP contribution in [0.2, 0.25) is 0 Å². The first-order valence-electron chi connectivity index (χ1n) is 11.0. The molecule has 2 N–H and O–H groups in total. The van der Waals surface area contributed by atoms with E-state index in [-0.39, 0.29) is 40.5 Å². The summed E-state index contributed by atoms with van der Waals surface area (Å²) in [6.07, 6.45) is 5.32. The molecule has 1 aliphatic heterocycles. The van der Waals surface area contributed by atoms with Crippen LogP contribution in [0.15, 0.2) is 29.2 Å². The summed E-state index contributed by atoms with van der Waals surface area (Å²) in [4.78, 5) is 13.4. The largest absolute Gasteiger partial charge is 0.390 e. The Morgan fingerprint density at radius 2 is 1.73 bits per heavy atom. The molecule has 6 unspecified atom stereocenters. The number of nitrogens with one attached hydrogen (secondary N) is 1. The van der Waals surface area contributed by atoms with Crippen molar-refractivity contribution in [2.75, 3.05) is 6.54 Å². The molecule has 5 saturated carbocycles. The quantitative estimate of drug-likeness (QED) is 0.758. The van der Waals surface area contributed by atoms with Gasteiger partial charge in [-0.15, -0.1) is 0 Å². The number of benzene rings is 1. The fourth-order valence-electron chi connectivity index (χ4n) is 7.21. The molecule has 8 atom stereocenters. The summed E-state index contributed by atoms with van der Waals surface area (Å²) in [6, 6.07) is 4.15. The average Bonchev–Trinajstić information content (AvgIpc) is 3.33. The smallest absolute Gasteiger partial charge is 0.243 e. The van der Waals surface area contributed by atoms with E-state index in [1.165, 1.54) is 16.4 Å². The van der Waals surface area contributed by atoms with Crippen molar-refractivity contribution < 1.29 is 22.7 Å². The average molecular weight is 435 g/mol. The van der Waals surface area contributed by atoms with Gasteiger partial charge in [0.2, 0.25) is 15.9 Å². The van der Waals surface area contributed by atoms with Crippen LogP contribution >= 0.6 is 0 Å². The predicted molar refractivity (Wildman–Crippen MR) is 106 cm³/mol. The third-order valence-corrected chi connectivity index (χ3v) is 10.2. The highest BCUT2D eigenvalue weighted by Crippen LogP contribution is 2.56. The summed E-state index contributed by atoms with van der Waals surface area (Å²) in [5.41, 5.74) is -0.565. The van der Waals surface area contributed by atoms with Gasteiger partial charge in [-0.05, 0) is 92.4 Å². The van der Waals surface area contributed by atoms with Crippen molar-refractivity contribution in [3.05, 3.63) is 30.1 Å². The van der Waals surface area contributed by atoms with Gasteiger partial charge in [0.1, 0.15) is 11.9 Å². The Labute approximate surface area is 175 Å². The number of sulfonamides is 1. The van der Waals surface area contributed by atoms with Gasteiger partial charge in [-0.25, -0.2) is 12.8 Å². The van der Waals surface area contributed by atoms with Crippen molar-refractivity contribution in [2.45, 2.75) is 61.1 Å². The number of hydrogen-bond donors (Lipinski definition) is 2. The zero-order valence-electron chi connectivity index (χ0n) is 16.7. The van der Waals surface area contributed by atoms with Crippen LogP contribution < -0.4 is 5.32 Å². The Bertz CT molecular complexity index is 981. The minimum Gasteiger partial charge on any atom is -0.390 e.